The summed E-state index contributed by atoms with van der Waals surface area (Å²) >= 11 is 0. The van der Waals surface area contributed by atoms with Gasteiger partial charge in [0.05, 0.1) is 17.7 Å². The van der Waals surface area contributed by atoms with Crippen molar-refractivity contribution in [1.29, 1.82) is 0 Å². The molecule has 1 N–H and O–H groups in total. The van der Waals surface area contributed by atoms with Crippen molar-refractivity contribution in [3.05, 3.63) is 72.3 Å². The van der Waals surface area contributed by atoms with E-state index in [1.165, 1.54) is 30.3 Å². The largest absolute Gasteiger partial charge is 0.494 e. The second-order valence-corrected chi connectivity index (χ2v) is 6.43. The van der Waals surface area contributed by atoms with Crippen LogP contribution in [0.25, 0.3) is 0 Å². The number of rotatable bonds is 12. The van der Waals surface area contributed by atoms with Gasteiger partial charge in [0.2, 0.25) is 0 Å². The van der Waals surface area contributed by atoms with Crippen LogP contribution in [0.3, 0.4) is 0 Å². The highest BCUT2D eigenvalue weighted by Crippen LogP contribution is 2.17. The predicted octanol–water partition coefficient (Wildman–Crippen LogP) is 4.69. The van der Waals surface area contributed by atoms with Crippen LogP contribution in [-0.2, 0) is 4.79 Å². The van der Waals surface area contributed by atoms with E-state index < -0.39 is 11.9 Å². The monoisotopic (exact) mass is 396 g/mol. The third-order valence-corrected chi connectivity index (χ3v) is 4.22. The fourth-order valence-electron chi connectivity index (χ4n) is 2.57. The van der Waals surface area contributed by atoms with Crippen LogP contribution < -0.4 is 9.47 Å². The van der Waals surface area contributed by atoms with Crippen molar-refractivity contribution in [1.82, 2.24) is 0 Å². The summed E-state index contributed by atoms with van der Waals surface area (Å²) in [5.74, 6) is -0.559. The number of ketones is 1. The minimum atomic E-state index is -1.04. The summed E-state index contributed by atoms with van der Waals surface area (Å²) in [6.07, 6.45) is 5.61. The number of carboxylic acid groups (broad SMARTS) is 1. The summed E-state index contributed by atoms with van der Waals surface area (Å²) < 4.78 is 10.9. The van der Waals surface area contributed by atoms with Gasteiger partial charge < -0.3 is 14.6 Å². The number of carbonyl (C=O) groups excluding carboxylic acids is 2. The van der Waals surface area contributed by atoms with E-state index in [0.29, 0.717) is 24.3 Å². The average Bonchev–Trinajstić information content (AvgIpc) is 2.73. The first-order chi connectivity index (χ1) is 14.0. The lowest BCUT2D eigenvalue weighted by Crippen LogP contribution is -2.08. The fourth-order valence-corrected chi connectivity index (χ4v) is 2.57. The zero-order chi connectivity index (χ0) is 21.1. The Labute approximate surface area is 169 Å². The van der Waals surface area contributed by atoms with Gasteiger partial charge in [0.1, 0.15) is 11.5 Å². The Hall–Kier alpha value is -3.41. The number of carboxylic acids is 1. The lowest BCUT2D eigenvalue weighted by Gasteiger charge is -2.08. The standard InChI is InChI=1S/C23H24O6/c1-2-19(24)7-5-3-4-6-16-28-20-12-10-18(11-13-20)23(27)29-21-14-8-17(9-15-21)22(25)26/h2,8-15H,1,3-7,16H2,(H,25,26). The molecule has 0 saturated heterocycles. The van der Waals surface area contributed by atoms with Crippen LogP contribution in [-0.4, -0.2) is 29.4 Å². The molecule has 2 aromatic carbocycles. The van der Waals surface area contributed by atoms with Crippen LogP contribution in [0.4, 0.5) is 0 Å². The molecule has 0 bridgehead atoms. The Balaban J connectivity index is 1.72. The van der Waals surface area contributed by atoms with Gasteiger partial charge in [-0.3, -0.25) is 4.79 Å². The Morgan fingerprint density at radius 1 is 0.828 bits per heavy atom. The van der Waals surface area contributed by atoms with Gasteiger partial charge in [0.15, 0.2) is 5.78 Å². The Morgan fingerprint density at radius 3 is 2.03 bits per heavy atom. The van der Waals surface area contributed by atoms with Crippen molar-refractivity contribution in [2.24, 2.45) is 0 Å². The second kappa shape index (κ2) is 11.4. The molecule has 29 heavy (non-hydrogen) atoms. The predicted molar refractivity (Wildman–Crippen MR) is 109 cm³/mol. The number of benzene rings is 2. The van der Waals surface area contributed by atoms with Crippen LogP contribution in [0.1, 0.15) is 52.8 Å². The van der Waals surface area contributed by atoms with Gasteiger partial charge in [-0.05, 0) is 67.4 Å². The molecule has 0 aliphatic heterocycles. The molecule has 0 aliphatic carbocycles. The lowest BCUT2D eigenvalue weighted by atomic mass is 10.1. The van der Waals surface area contributed by atoms with Gasteiger partial charge in [-0.15, -0.1) is 0 Å². The maximum Gasteiger partial charge on any atom is 0.343 e. The second-order valence-electron chi connectivity index (χ2n) is 6.43. The first kappa shape index (κ1) is 21.9. The molecule has 0 aliphatic rings. The summed E-state index contributed by atoms with van der Waals surface area (Å²) in [6.45, 7) is 4.02. The molecule has 0 saturated carbocycles. The van der Waals surface area contributed by atoms with E-state index >= 15 is 0 Å². The van der Waals surface area contributed by atoms with E-state index in [4.69, 9.17) is 14.6 Å². The average molecular weight is 396 g/mol. The molecule has 0 unspecified atom stereocenters. The third kappa shape index (κ3) is 7.62. The van der Waals surface area contributed by atoms with Crippen LogP contribution in [0.2, 0.25) is 0 Å². The Bertz CT molecular complexity index is 837. The quantitative estimate of drug-likeness (QED) is 0.242. The molecule has 0 spiro atoms. The van der Waals surface area contributed by atoms with E-state index in [1.54, 1.807) is 24.3 Å². The number of hydrogen-bond acceptors (Lipinski definition) is 5. The van der Waals surface area contributed by atoms with Crippen molar-refractivity contribution in [3.63, 3.8) is 0 Å². The van der Waals surface area contributed by atoms with Crippen LogP contribution in [0.5, 0.6) is 11.5 Å². The SMILES string of the molecule is C=CC(=O)CCCCCCOc1ccc(C(=O)Oc2ccc(C(=O)O)cc2)cc1. The Morgan fingerprint density at radius 2 is 1.41 bits per heavy atom. The number of allylic oxidation sites excluding steroid dienone is 1. The molecular formula is C23H24O6. The van der Waals surface area contributed by atoms with Crippen molar-refractivity contribution in [2.45, 2.75) is 32.1 Å². The van der Waals surface area contributed by atoms with E-state index in [0.717, 1.165) is 25.7 Å². The van der Waals surface area contributed by atoms with E-state index in [9.17, 15) is 14.4 Å². The molecule has 0 amide bonds. The number of esters is 1. The first-order valence-electron chi connectivity index (χ1n) is 9.43. The molecule has 0 aromatic heterocycles. The zero-order valence-electron chi connectivity index (χ0n) is 16.1. The highest BCUT2D eigenvalue weighted by Gasteiger charge is 2.10. The van der Waals surface area contributed by atoms with Crippen molar-refractivity contribution >= 4 is 17.7 Å². The maximum absolute atomic E-state index is 12.2. The summed E-state index contributed by atoms with van der Waals surface area (Å²) in [5.41, 5.74) is 0.489. The number of carbonyl (C=O) groups is 3. The molecule has 0 radical (unpaired) electrons. The van der Waals surface area contributed by atoms with Gasteiger partial charge in [0.25, 0.3) is 0 Å². The summed E-state index contributed by atoms with van der Waals surface area (Å²) in [6, 6.07) is 12.3. The smallest absolute Gasteiger partial charge is 0.343 e. The number of unbranched alkanes of at least 4 members (excludes halogenated alkanes) is 3. The molecule has 0 fully saturated rings. The number of aromatic carboxylic acids is 1. The van der Waals surface area contributed by atoms with Gasteiger partial charge in [-0.2, -0.15) is 0 Å². The minimum Gasteiger partial charge on any atom is -0.494 e. The van der Waals surface area contributed by atoms with Gasteiger partial charge in [0, 0.05) is 6.42 Å². The molecular weight excluding hydrogens is 372 g/mol. The summed E-state index contributed by atoms with van der Waals surface area (Å²) in [4.78, 5) is 34.1. The van der Waals surface area contributed by atoms with E-state index in [2.05, 4.69) is 6.58 Å². The van der Waals surface area contributed by atoms with E-state index in [-0.39, 0.29) is 17.1 Å². The maximum atomic E-state index is 12.2. The molecule has 6 heteroatoms. The Kier molecular flexibility index (Phi) is 8.63. The third-order valence-electron chi connectivity index (χ3n) is 4.22. The highest BCUT2D eigenvalue weighted by molar-refractivity contribution is 5.91. The van der Waals surface area contributed by atoms with Gasteiger partial charge >= 0.3 is 11.9 Å². The zero-order valence-corrected chi connectivity index (χ0v) is 16.1. The lowest BCUT2D eigenvalue weighted by molar-refractivity contribution is -0.114. The number of ether oxygens (including phenoxy) is 2. The first-order valence-corrected chi connectivity index (χ1v) is 9.43. The van der Waals surface area contributed by atoms with Crippen molar-refractivity contribution in [3.8, 4) is 11.5 Å². The van der Waals surface area contributed by atoms with Crippen LogP contribution >= 0.6 is 0 Å². The topological polar surface area (TPSA) is 89.9 Å². The van der Waals surface area contributed by atoms with Crippen molar-refractivity contribution in [2.75, 3.05) is 6.61 Å². The summed E-state index contributed by atoms with van der Waals surface area (Å²) in [7, 11) is 0. The van der Waals surface area contributed by atoms with Gasteiger partial charge in [-0.25, -0.2) is 9.59 Å². The molecule has 0 heterocycles. The normalized spacial score (nSPS) is 10.2. The number of hydrogen-bond donors (Lipinski definition) is 1. The van der Waals surface area contributed by atoms with Crippen LogP contribution in [0.15, 0.2) is 61.2 Å². The van der Waals surface area contributed by atoms with Gasteiger partial charge in [-0.1, -0.05) is 19.4 Å². The highest BCUT2D eigenvalue weighted by atomic mass is 16.5. The van der Waals surface area contributed by atoms with Crippen LogP contribution in [0, 0.1) is 0 Å². The molecule has 6 nitrogen and oxygen atoms in total. The molecule has 152 valence electrons. The molecule has 2 rings (SSSR count). The molecule has 2 aromatic rings. The van der Waals surface area contributed by atoms with Crippen molar-refractivity contribution < 1.29 is 29.0 Å². The molecule has 0 atom stereocenters. The minimum absolute atomic E-state index is 0.0807. The van der Waals surface area contributed by atoms with E-state index in [1.807, 2.05) is 0 Å². The fraction of sp³-hybridized carbons (Fsp3) is 0.261. The summed E-state index contributed by atoms with van der Waals surface area (Å²) in [5, 5.41) is 8.87.